The molecule has 0 saturated carbocycles. The molecule has 0 N–H and O–H groups in total. The van der Waals surface area contributed by atoms with Gasteiger partial charge in [0.05, 0.1) is 11.9 Å². The fraction of sp³-hybridized carbons (Fsp3) is 0.0909. The van der Waals surface area contributed by atoms with Gasteiger partial charge in [-0.2, -0.15) is 0 Å². The van der Waals surface area contributed by atoms with Crippen molar-refractivity contribution in [1.29, 1.82) is 0 Å². The number of oxazole rings is 1. The first-order chi connectivity index (χ1) is 7.33. The number of rotatable bonds is 1. The van der Waals surface area contributed by atoms with Crippen LogP contribution in [0.1, 0.15) is 5.69 Å². The van der Waals surface area contributed by atoms with Crippen LogP contribution in [0.5, 0.6) is 0 Å². The minimum Gasteiger partial charge on any atom is -0.443 e. The summed E-state index contributed by atoms with van der Waals surface area (Å²) < 4.78 is 7.21. The first kappa shape index (κ1) is 8.23. The topological polar surface area (TPSA) is 43.3 Å². The summed E-state index contributed by atoms with van der Waals surface area (Å²) in [4.78, 5) is 8.24. The summed E-state index contributed by atoms with van der Waals surface area (Å²) in [6.45, 7) is 1.97. The van der Waals surface area contributed by atoms with Gasteiger partial charge in [0.15, 0.2) is 12.2 Å². The predicted octanol–water partition coefficient (Wildman–Crippen LogP) is 2.30. The maximum absolute atomic E-state index is 5.23. The quantitative estimate of drug-likeness (QED) is 0.604. The van der Waals surface area contributed by atoms with Crippen molar-refractivity contribution in [1.82, 2.24) is 14.4 Å². The number of nitrogens with zero attached hydrogens (tertiary/aromatic N) is 3. The molecule has 0 amide bonds. The van der Waals surface area contributed by atoms with Crippen molar-refractivity contribution in [2.75, 3.05) is 0 Å². The molecule has 0 aliphatic carbocycles. The number of fused-ring (bicyclic) bond motifs is 1. The first-order valence-corrected chi connectivity index (χ1v) is 4.67. The van der Waals surface area contributed by atoms with Crippen molar-refractivity contribution in [3.63, 3.8) is 0 Å². The molecule has 0 aliphatic rings. The van der Waals surface area contributed by atoms with Crippen LogP contribution in [0.4, 0.5) is 0 Å². The maximum atomic E-state index is 5.23. The van der Waals surface area contributed by atoms with Crippen LogP contribution in [0, 0.1) is 6.92 Å². The zero-order chi connectivity index (χ0) is 10.3. The van der Waals surface area contributed by atoms with Gasteiger partial charge in [-0.1, -0.05) is 0 Å². The number of aromatic nitrogens is 3. The van der Waals surface area contributed by atoms with E-state index >= 15 is 0 Å². The summed E-state index contributed by atoms with van der Waals surface area (Å²) in [7, 11) is 0. The second-order valence-corrected chi connectivity index (χ2v) is 3.43. The molecule has 4 nitrogen and oxygen atoms in total. The van der Waals surface area contributed by atoms with E-state index in [1.165, 1.54) is 6.39 Å². The minimum atomic E-state index is 0.767. The fourth-order valence-corrected chi connectivity index (χ4v) is 1.62. The molecular formula is C11H9N3O. The van der Waals surface area contributed by atoms with Gasteiger partial charge < -0.3 is 8.82 Å². The van der Waals surface area contributed by atoms with Gasteiger partial charge in [0.1, 0.15) is 5.65 Å². The molecule has 0 aromatic carbocycles. The highest BCUT2D eigenvalue weighted by atomic mass is 16.3. The van der Waals surface area contributed by atoms with Gasteiger partial charge in [0.25, 0.3) is 0 Å². The Hall–Kier alpha value is -2.10. The highest BCUT2D eigenvalue weighted by molar-refractivity contribution is 5.58. The van der Waals surface area contributed by atoms with Crippen molar-refractivity contribution in [2.45, 2.75) is 6.92 Å². The largest absolute Gasteiger partial charge is 0.443 e. The summed E-state index contributed by atoms with van der Waals surface area (Å²) in [6.07, 6.45) is 7.09. The van der Waals surface area contributed by atoms with Crippen LogP contribution in [-0.4, -0.2) is 14.4 Å². The zero-order valence-electron chi connectivity index (χ0n) is 8.21. The lowest BCUT2D eigenvalue weighted by Gasteiger charge is -1.97. The Bertz CT molecular complexity index is 595. The Morgan fingerprint density at radius 2 is 2.20 bits per heavy atom. The summed E-state index contributed by atoms with van der Waals surface area (Å²) >= 11 is 0. The number of pyridine rings is 1. The summed E-state index contributed by atoms with van der Waals surface area (Å²) in [6, 6.07) is 3.94. The van der Waals surface area contributed by atoms with Gasteiger partial charge in [-0.3, -0.25) is 0 Å². The molecule has 0 radical (unpaired) electrons. The van der Waals surface area contributed by atoms with E-state index in [0.29, 0.717) is 0 Å². The Balaban J connectivity index is 2.21. The molecule has 4 heteroatoms. The number of aryl methyl sites for hydroxylation is 1. The summed E-state index contributed by atoms with van der Waals surface area (Å²) in [5, 5.41) is 0. The molecule has 0 unspecified atom stereocenters. The van der Waals surface area contributed by atoms with Crippen LogP contribution in [-0.2, 0) is 0 Å². The third-order valence-electron chi connectivity index (χ3n) is 2.29. The second kappa shape index (κ2) is 2.95. The summed E-state index contributed by atoms with van der Waals surface area (Å²) in [5.41, 5.74) is 2.94. The van der Waals surface area contributed by atoms with E-state index in [4.69, 9.17) is 4.42 Å². The van der Waals surface area contributed by atoms with Crippen molar-refractivity contribution in [3.8, 4) is 11.3 Å². The zero-order valence-corrected chi connectivity index (χ0v) is 8.21. The third-order valence-corrected chi connectivity index (χ3v) is 2.29. The molecule has 0 fully saturated rings. The SMILES string of the molecule is Cc1cn2cc(-c3cnco3)ccc2n1. The fourth-order valence-electron chi connectivity index (χ4n) is 1.62. The molecule has 3 rings (SSSR count). The van der Waals surface area contributed by atoms with E-state index in [2.05, 4.69) is 9.97 Å². The van der Waals surface area contributed by atoms with Gasteiger partial charge in [-0.15, -0.1) is 0 Å². The molecule has 3 heterocycles. The van der Waals surface area contributed by atoms with Crippen LogP contribution < -0.4 is 0 Å². The van der Waals surface area contributed by atoms with Gasteiger partial charge in [0.2, 0.25) is 0 Å². The van der Waals surface area contributed by atoms with Crippen LogP contribution in [0.2, 0.25) is 0 Å². The van der Waals surface area contributed by atoms with E-state index < -0.39 is 0 Å². The van der Waals surface area contributed by atoms with Crippen LogP contribution in [0.15, 0.2) is 41.5 Å². The number of hydrogen-bond donors (Lipinski definition) is 0. The first-order valence-electron chi connectivity index (χ1n) is 4.67. The molecular weight excluding hydrogens is 190 g/mol. The van der Waals surface area contributed by atoms with Crippen molar-refractivity contribution in [2.24, 2.45) is 0 Å². The van der Waals surface area contributed by atoms with Crippen molar-refractivity contribution >= 4 is 5.65 Å². The van der Waals surface area contributed by atoms with E-state index in [0.717, 1.165) is 22.7 Å². The highest BCUT2D eigenvalue weighted by Gasteiger charge is 2.03. The molecule has 74 valence electrons. The van der Waals surface area contributed by atoms with E-state index in [9.17, 15) is 0 Å². The van der Waals surface area contributed by atoms with Crippen LogP contribution in [0.25, 0.3) is 17.0 Å². The molecule has 0 bridgehead atoms. The molecule has 3 aromatic heterocycles. The average molecular weight is 199 g/mol. The number of imidazole rings is 1. The van der Waals surface area contributed by atoms with Crippen molar-refractivity contribution < 1.29 is 4.42 Å². The monoisotopic (exact) mass is 199 g/mol. The van der Waals surface area contributed by atoms with Gasteiger partial charge in [0, 0.05) is 18.0 Å². The smallest absolute Gasteiger partial charge is 0.181 e. The predicted molar refractivity (Wildman–Crippen MR) is 55.4 cm³/mol. The number of hydrogen-bond acceptors (Lipinski definition) is 3. The lowest BCUT2D eigenvalue weighted by Crippen LogP contribution is -1.83. The summed E-state index contributed by atoms with van der Waals surface area (Å²) in [5.74, 6) is 0.767. The average Bonchev–Trinajstić information content (AvgIpc) is 2.82. The minimum absolute atomic E-state index is 0.767. The standard InChI is InChI=1S/C11H9N3O/c1-8-5-14-6-9(2-3-11(14)13-8)10-4-12-7-15-10/h2-7H,1H3. The molecule has 0 aliphatic heterocycles. The van der Waals surface area contributed by atoms with Gasteiger partial charge in [-0.05, 0) is 19.1 Å². The Labute approximate surface area is 86.2 Å². The lowest BCUT2D eigenvalue weighted by molar-refractivity contribution is 0.571. The normalized spacial score (nSPS) is 11.0. The highest BCUT2D eigenvalue weighted by Crippen LogP contribution is 2.19. The van der Waals surface area contributed by atoms with E-state index in [1.54, 1.807) is 6.20 Å². The van der Waals surface area contributed by atoms with Crippen LogP contribution in [0.3, 0.4) is 0 Å². The van der Waals surface area contributed by atoms with Crippen LogP contribution >= 0.6 is 0 Å². The van der Waals surface area contributed by atoms with E-state index in [1.807, 2.05) is 35.9 Å². The molecule has 0 spiro atoms. The Kier molecular flexibility index (Phi) is 1.62. The maximum Gasteiger partial charge on any atom is 0.181 e. The molecule has 3 aromatic rings. The van der Waals surface area contributed by atoms with E-state index in [-0.39, 0.29) is 0 Å². The van der Waals surface area contributed by atoms with Gasteiger partial charge >= 0.3 is 0 Å². The Morgan fingerprint density at radius 1 is 1.27 bits per heavy atom. The molecule has 0 atom stereocenters. The molecule has 15 heavy (non-hydrogen) atoms. The van der Waals surface area contributed by atoms with Gasteiger partial charge in [-0.25, -0.2) is 9.97 Å². The Morgan fingerprint density at radius 3 is 3.00 bits per heavy atom. The third kappa shape index (κ3) is 1.30. The van der Waals surface area contributed by atoms with Crippen molar-refractivity contribution in [3.05, 3.63) is 42.8 Å². The second-order valence-electron chi connectivity index (χ2n) is 3.43. The molecule has 0 saturated heterocycles. The lowest BCUT2D eigenvalue weighted by atomic mass is 10.2.